The highest BCUT2D eigenvalue weighted by Gasteiger charge is 2.15. The van der Waals surface area contributed by atoms with E-state index in [0.717, 1.165) is 5.69 Å². The van der Waals surface area contributed by atoms with Gasteiger partial charge in [0.05, 0.1) is 28.8 Å². The largest absolute Gasteiger partial charge is 0.309 e. The number of sulfone groups is 1. The molecule has 0 amide bonds. The van der Waals surface area contributed by atoms with Crippen molar-refractivity contribution in [3.05, 3.63) is 72.3 Å². The summed E-state index contributed by atoms with van der Waals surface area (Å²) in [6, 6.07) is 17.7. The molecule has 1 N–H and O–H groups in total. The predicted octanol–water partition coefficient (Wildman–Crippen LogP) is 1.70. The van der Waals surface area contributed by atoms with Gasteiger partial charge in [-0.05, 0) is 30.3 Å². The van der Waals surface area contributed by atoms with Crippen LogP contribution in [0.1, 0.15) is 11.4 Å². The van der Waals surface area contributed by atoms with Crippen molar-refractivity contribution < 1.29 is 8.42 Å². The number of nitriles is 1. The van der Waals surface area contributed by atoms with E-state index in [1.807, 2.05) is 41.0 Å². The smallest absolute Gasteiger partial charge is 0.179 e. The highest BCUT2D eigenvalue weighted by molar-refractivity contribution is 7.91. The summed E-state index contributed by atoms with van der Waals surface area (Å²) < 4.78 is 26.6. The van der Waals surface area contributed by atoms with Gasteiger partial charge in [0.1, 0.15) is 6.33 Å². The predicted molar refractivity (Wildman–Crippen MR) is 96.3 cm³/mol. The summed E-state index contributed by atoms with van der Waals surface area (Å²) in [5.41, 5.74) is 1.27. The van der Waals surface area contributed by atoms with Crippen molar-refractivity contribution in [3.63, 3.8) is 0 Å². The molecule has 0 unspecified atom stereocenters. The van der Waals surface area contributed by atoms with E-state index in [1.165, 1.54) is 12.1 Å². The fourth-order valence-electron chi connectivity index (χ4n) is 2.47. The Kier molecular flexibility index (Phi) is 5.41. The third-order valence-electron chi connectivity index (χ3n) is 3.81. The minimum Gasteiger partial charge on any atom is -0.309 e. The first-order chi connectivity index (χ1) is 12.6. The van der Waals surface area contributed by atoms with Gasteiger partial charge in [-0.2, -0.15) is 5.26 Å². The number of hydrogen-bond donors (Lipinski definition) is 1. The van der Waals surface area contributed by atoms with E-state index in [0.29, 0.717) is 17.9 Å². The van der Waals surface area contributed by atoms with Gasteiger partial charge >= 0.3 is 0 Å². The molecule has 0 saturated heterocycles. The molecule has 0 bridgehead atoms. The van der Waals surface area contributed by atoms with Crippen LogP contribution in [0.4, 0.5) is 0 Å². The van der Waals surface area contributed by atoms with Gasteiger partial charge in [0.25, 0.3) is 0 Å². The zero-order valence-electron chi connectivity index (χ0n) is 13.9. The van der Waals surface area contributed by atoms with Gasteiger partial charge in [-0.3, -0.25) is 4.57 Å². The number of para-hydroxylation sites is 1. The molecule has 0 radical (unpaired) electrons. The molecule has 132 valence electrons. The third kappa shape index (κ3) is 4.14. The lowest BCUT2D eigenvalue weighted by atomic mass is 10.2. The van der Waals surface area contributed by atoms with Gasteiger partial charge in [0, 0.05) is 12.2 Å². The molecule has 0 aliphatic rings. The van der Waals surface area contributed by atoms with Crippen LogP contribution < -0.4 is 5.32 Å². The normalized spacial score (nSPS) is 11.2. The van der Waals surface area contributed by atoms with Crippen LogP contribution in [0.15, 0.2) is 65.8 Å². The maximum absolute atomic E-state index is 12.4. The molecule has 3 aromatic rings. The summed E-state index contributed by atoms with van der Waals surface area (Å²) in [6.07, 6.45) is 1.62. The standard InChI is InChI=1S/C18H17N5O2S/c19-12-15-5-4-8-17(11-15)26(24,25)10-9-20-13-18-22-21-14-23(18)16-6-2-1-3-7-16/h1-8,11,14,20H,9-10,13H2. The first-order valence-corrected chi connectivity index (χ1v) is 9.63. The van der Waals surface area contributed by atoms with Gasteiger partial charge in [-0.1, -0.05) is 24.3 Å². The summed E-state index contributed by atoms with van der Waals surface area (Å²) in [7, 11) is -3.45. The van der Waals surface area contributed by atoms with Crippen LogP contribution in [0.3, 0.4) is 0 Å². The van der Waals surface area contributed by atoms with Crippen LogP contribution in [0, 0.1) is 11.3 Å². The maximum atomic E-state index is 12.4. The Labute approximate surface area is 151 Å². The minimum absolute atomic E-state index is 0.0681. The summed E-state index contributed by atoms with van der Waals surface area (Å²) >= 11 is 0. The van der Waals surface area contributed by atoms with Crippen molar-refractivity contribution in [3.8, 4) is 11.8 Å². The van der Waals surface area contributed by atoms with Crippen LogP contribution in [0.5, 0.6) is 0 Å². The van der Waals surface area contributed by atoms with Gasteiger partial charge in [0.15, 0.2) is 15.7 Å². The van der Waals surface area contributed by atoms with Crippen molar-refractivity contribution >= 4 is 9.84 Å². The van der Waals surface area contributed by atoms with E-state index < -0.39 is 9.84 Å². The lowest BCUT2D eigenvalue weighted by molar-refractivity contribution is 0.588. The van der Waals surface area contributed by atoms with Crippen molar-refractivity contribution in [2.24, 2.45) is 0 Å². The molecule has 3 rings (SSSR count). The Morgan fingerprint density at radius 2 is 1.92 bits per heavy atom. The summed E-state index contributed by atoms with van der Waals surface area (Å²) in [6.45, 7) is 0.656. The molecule has 26 heavy (non-hydrogen) atoms. The average Bonchev–Trinajstić information content (AvgIpc) is 3.14. The number of nitrogens with one attached hydrogen (secondary N) is 1. The van der Waals surface area contributed by atoms with E-state index in [9.17, 15) is 8.42 Å². The monoisotopic (exact) mass is 367 g/mol. The summed E-state index contributed by atoms with van der Waals surface area (Å²) in [5.74, 6) is 0.626. The number of hydrogen-bond acceptors (Lipinski definition) is 6. The topological polar surface area (TPSA) is 101 Å². The average molecular weight is 367 g/mol. The second-order valence-electron chi connectivity index (χ2n) is 5.59. The second-order valence-corrected chi connectivity index (χ2v) is 7.70. The highest BCUT2D eigenvalue weighted by atomic mass is 32.2. The van der Waals surface area contributed by atoms with Crippen LogP contribution in [-0.2, 0) is 16.4 Å². The Morgan fingerprint density at radius 1 is 1.12 bits per heavy atom. The lowest BCUT2D eigenvalue weighted by Crippen LogP contribution is -2.24. The van der Waals surface area contributed by atoms with Crippen molar-refractivity contribution in [1.29, 1.82) is 5.26 Å². The molecular formula is C18H17N5O2S. The summed E-state index contributed by atoms with van der Waals surface area (Å²) in [5, 5.41) is 20.0. The van der Waals surface area contributed by atoms with Crippen molar-refractivity contribution in [2.45, 2.75) is 11.4 Å². The zero-order chi connectivity index (χ0) is 18.4. The second kappa shape index (κ2) is 7.91. The van der Waals surface area contributed by atoms with Gasteiger partial charge in [0.2, 0.25) is 0 Å². The number of benzene rings is 2. The fourth-order valence-corrected chi connectivity index (χ4v) is 3.71. The summed E-state index contributed by atoms with van der Waals surface area (Å²) in [4.78, 5) is 0.158. The Morgan fingerprint density at radius 3 is 2.69 bits per heavy atom. The molecule has 0 atom stereocenters. The highest BCUT2D eigenvalue weighted by Crippen LogP contribution is 2.13. The SMILES string of the molecule is N#Cc1cccc(S(=O)(=O)CCNCc2nncn2-c2ccccc2)c1. The van der Waals surface area contributed by atoms with Gasteiger partial charge in [-0.25, -0.2) is 8.42 Å². The molecule has 2 aromatic carbocycles. The van der Waals surface area contributed by atoms with E-state index >= 15 is 0 Å². The molecule has 0 aliphatic carbocycles. The van der Waals surface area contributed by atoms with E-state index in [1.54, 1.807) is 18.5 Å². The van der Waals surface area contributed by atoms with Gasteiger partial charge < -0.3 is 5.32 Å². The molecule has 8 heteroatoms. The molecule has 0 saturated carbocycles. The number of nitrogens with zero attached hydrogens (tertiary/aromatic N) is 4. The fraction of sp³-hybridized carbons (Fsp3) is 0.167. The van der Waals surface area contributed by atoms with Crippen LogP contribution >= 0.6 is 0 Å². The first kappa shape index (κ1) is 17.8. The first-order valence-electron chi connectivity index (χ1n) is 7.98. The van der Waals surface area contributed by atoms with Crippen molar-refractivity contribution in [2.75, 3.05) is 12.3 Å². The maximum Gasteiger partial charge on any atom is 0.179 e. The zero-order valence-corrected chi connectivity index (χ0v) is 14.7. The molecule has 1 heterocycles. The van der Waals surface area contributed by atoms with Crippen molar-refractivity contribution in [1.82, 2.24) is 20.1 Å². The molecule has 0 spiro atoms. The van der Waals surface area contributed by atoms with Gasteiger partial charge in [-0.15, -0.1) is 10.2 Å². The van der Waals surface area contributed by atoms with E-state index in [2.05, 4.69) is 15.5 Å². The Bertz CT molecular complexity index is 1020. The van der Waals surface area contributed by atoms with Crippen LogP contribution in [0.25, 0.3) is 5.69 Å². The van der Waals surface area contributed by atoms with Crippen LogP contribution in [0.2, 0.25) is 0 Å². The number of rotatable bonds is 7. The molecular weight excluding hydrogens is 350 g/mol. The Balaban J connectivity index is 1.60. The molecule has 0 aliphatic heterocycles. The van der Waals surface area contributed by atoms with E-state index in [-0.39, 0.29) is 17.2 Å². The lowest BCUT2D eigenvalue weighted by Gasteiger charge is -2.08. The van der Waals surface area contributed by atoms with Crippen LogP contribution in [-0.4, -0.2) is 35.5 Å². The Hall–Kier alpha value is -3.02. The van der Waals surface area contributed by atoms with E-state index in [4.69, 9.17) is 5.26 Å². The minimum atomic E-state index is -3.45. The quantitative estimate of drug-likeness (QED) is 0.638. The third-order valence-corrected chi connectivity index (χ3v) is 5.52. The molecule has 7 nitrogen and oxygen atoms in total. The molecule has 1 aromatic heterocycles. The number of aromatic nitrogens is 3. The molecule has 0 fully saturated rings.